The van der Waals surface area contributed by atoms with Crippen molar-refractivity contribution >= 4 is 5.82 Å². The number of rotatable bonds is 5. The highest BCUT2D eigenvalue weighted by Gasteiger charge is 2.10. The molecule has 20 heavy (non-hydrogen) atoms. The second-order valence-electron chi connectivity index (χ2n) is 4.46. The third kappa shape index (κ3) is 2.82. The van der Waals surface area contributed by atoms with Gasteiger partial charge in [0.2, 0.25) is 0 Å². The van der Waals surface area contributed by atoms with E-state index in [1.807, 2.05) is 32.0 Å². The molecule has 0 saturated heterocycles. The Morgan fingerprint density at radius 3 is 2.50 bits per heavy atom. The Hall–Kier alpha value is -2.30. The van der Waals surface area contributed by atoms with Crippen molar-refractivity contribution < 1.29 is 9.47 Å². The lowest BCUT2D eigenvalue weighted by Gasteiger charge is -2.14. The molecule has 0 aliphatic rings. The number of aromatic nitrogens is 2. The van der Waals surface area contributed by atoms with Crippen LogP contribution in [0.5, 0.6) is 11.5 Å². The summed E-state index contributed by atoms with van der Waals surface area (Å²) in [6.45, 7) is 4.52. The Labute approximate surface area is 119 Å². The van der Waals surface area contributed by atoms with Crippen LogP contribution in [0, 0.1) is 13.8 Å². The Balaban J connectivity index is 2.21. The van der Waals surface area contributed by atoms with Crippen molar-refractivity contribution in [2.24, 2.45) is 0 Å². The topological polar surface area (TPSA) is 56.3 Å². The summed E-state index contributed by atoms with van der Waals surface area (Å²) in [7, 11) is 3.30. The van der Waals surface area contributed by atoms with Crippen molar-refractivity contribution in [1.82, 2.24) is 9.97 Å². The number of anilines is 1. The zero-order chi connectivity index (χ0) is 14.5. The summed E-state index contributed by atoms with van der Waals surface area (Å²) in [5.41, 5.74) is 2.99. The minimum atomic E-state index is 0.609. The molecule has 1 aromatic heterocycles. The van der Waals surface area contributed by atoms with Crippen LogP contribution in [-0.2, 0) is 6.54 Å². The molecule has 5 heteroatoms. The first-order valence-electron chi connectivity index (χ1n) is 6.39. The largest absolute Gasteiger partial charge is 0.496 e. The van der Waals surface area contributed by atoms with Gasteiger partial charge in [-0.25, -0.2) is 9.97 Å². The fraction of sp³-hybridized carbons (Fsp3) is 0.333. The molecule has 1 heterocycles. The van der Waals surface area contributed by atoms with E-state index in [1.165, 1.54) is 6.33 Å². The average molecular weight is 273 g/mol. The highest BCUT2D eigenvalue weighted by molar-refractivity contribution is 5.53. The molecule has 106 valence electrons. The van der Waals surface area contributed by atoms with E-state index in [0.717, 1.165) is 22.6 Å². The minimum absolute atomic E-state index is 0.609. The van der Waals surface area contributed by atoms with Crippen molar-refractivity contribution in [1.29, 1.82) is 0 Å². The lowest BCUT2D eigenvalue weighted by Crippen LogP contribution is -2.06. The van der Waals surface area contributed by atoms with Crippen LogP contribution in [-0.4, -0.2) is 24.2 Å². The van der Waals surface area contributed by atoms with E-state index in [2.05, 4.69) is 15.3 Å². The number of ether oxygens (including phenoxy) is 2. The maximum absolute atomic E-state index is 5.44. The first-order valence-corrected chi connectivity index (χ1v) is 6.39. The lowest BCUT2D eigenvalue weighted by molar-refractivity contribution is 0.405. The van der Waals surface area contributed by atoms with Gasteiger partial charge in [-0.05, 0) is 19.4 Å². The highest BCUT2D eigenvalue weighted by Crippen LogP contribution is 2.27. The number of benzene rings is 1. The third-order valence-corrected chi connectivity index (χ3v) is 3.13. The molecule has 0 saturated carbocycles. The summed E-state index contributed by atoms with van der Waals surface area (Å²) in [6, 6.07) is 6.06. The molecule has 0 fully saturated rings. The Morgan fingerprint density at radius 1 is 1.05 bits per heavy atom. The summed E-state index contributed by atoms with van der Waals surface area (Å²) in [6.07, 6.45) is 1.52. The second kappa shape index (κ2) is 6.23. The van der Waals surface area contributed by atoms with E-state index in [0.29, 0.717) is 18.1 Å². The van der Waals surface area contributed by atoms with Crippen LogP contribution in [0.1, 0.15) is 16.8 Å². The smallest absolute Gasteiger partial charge is 0.182 e. The van der Waals surface area contributed by atoms with Gasteiger partial charge in [0.25, 0.3) is 0 Å². The van der Waals surface area contributed by atoms with Crippen molar-refractivity contribution in [3.05, 3.63) is 41.3 Å². The van der Waals surface area contributed by atoms with Crippen molar-refractivity contribution in [3.63, 3.8) is 0 Å². The predicted octanol–water partition coefficient (Wildman–Crippen LogP) is 2.72. The van der Waals surface area contributed by atoms with E-state index in [9.17, 15) is 0 Å². The van der Waals surface area contributed by atoms with E-state index in [1.54, 1.807) is 14.2 Å². The Morgan fingerprint density at radius 2 is 1.80 bits per heavy atom. The van der Waals surface area contributed by atoms with Gasteiger partial charge in [0.05, 0.1) is 19.9 Å². The normalized spacial score (nSPS) is 10.2. The quantitative estimate of drug-likeness (QED) is 0.907. The van der Waals surface area contributed by atoms with Crippen LogP contribution >= 0.6 is 0 Å². The van der Waals surface area contributed by atoms with E-state index < -0.39 is 0 Å². The molecular weight excluding hydrogens is 254 g/mol. The molecule has 0 bridgehead atoms. The molecule has 0 atom stereocenters. The first kappa shape index (κ1) is 14.1. The summed E-state index contributed by atoms with van der Waals surface area (Å²) in [5.74, 6) is 2.24. The summed E-state index contributed by atoms with van der Waals surface area (Å²) in [5, 5.41) is 3.27. The number of hydrogen-bond donors (Lipinski definition) is 1. The van der Waals surface area contributed by atoms with Crippen LogP contribution in [0.15, 0.2) is 24.5 Å². The van der Waals surface area contributed by atoms with Gasteiger partial charge in [-0.1, -0.05) is 18.2 Å². The first-order chi connectivity index (χ1) is 9.67. The van der Waals surface area contributed by atoms with Crippen molar-refractivity contribution in [2.45, 2.75) is 20.4 Å². The summed E-state index contributed by atoms with van der Waals surface area (Å²) >= 11 is 0. The standard InChI is InChI=1S/C15H19N3O2/c1-10-6-5-7-12(13(10)19-3)8-16-15-14(20-4)11(2)17-9-18-15/h5-7,9H,8H2,1-4H3,(H,16,17,18). The van der Waals surface area contributed by atoms with Gasteiger partial charge in [-0.3, -0.25) is 0 Å². The molecule has 0 radical (unpaired) electrons. The van der Waals surface area contributed by atoms with Crippen LogP contribution in [0.25, 0.3) is 0 Å². The number of aryl methyl sites for hydroxylation is 2. The van der Waals surface area contributed by atoms with Gasteiger partial charge in [0.1, 0.15) is 12.1 Å². The molecule has 1 aromatic carbocycles. The monoisotopic (exact) mass is 273 g/mol. The van der Waals surface area contributed by atoms with Crippen LogP contribution in [0.2, 0.25) is 0 Å². The van der Waals surface area contributed by atoms with Gasteiger partial charge in [-0.2, -0.15) is 0 Å². The SMILES string of the molecule is COc1c(C)cccc1CNc1ncnc(C)c1OC. The zero-order valence-electron chi connectivity index (χ0n) is 12.2. The fourth-order valence-electron chi connectivity index (χ4n) is 2.16. The van der Waals surface area contributed by atoms with Crippen LogP contribution in [0.4, 0.5) is 5.82 Å². The molecule has 2 aromatic rings. The molecule has 0 spiro atoms. The van der Waals surface area contributed by atoms with Crippen LogP contribution < -0.4 is 14.8 Å². The second-order valence-corrected chi connectivity index (χ2v) is 4.46. The maximum Gasteiger partial charge on any atom is 0.182 e. The van der Waals surface area contributed by atoms with E-state index >= 15 is 0 Å². The summed E-state index contributed by atoms with van der Waals surface area (Å²) in [4.78, 5) is 8.33. The molecule has 5 nitrogen and oxygen atoms in total. The molecule has 0 aliphatic heterocycles. The number of nitrogens with zero attached hydrogens (tertiary/aromatic N) is 2. The number of hydrogen-bond acceptors (Lipinski definition) is 5. The maximum atomic E-state index is 5.44. The number of methoxy groups -OCH3 is 2. The molecule has 0 amide bonds. The molecule has 0 aliphatic carbocycles. The fourth-order valence-corrected chi connectivity index (χ4v) is 2.16. The summed E-state index contributed by atoms with van der Waals surface area (Å²) < 4.78 is 10.8. The molecular formula is C15H19N3O2. The highest BCUT2D eigenvalue weighted by atomic mass is 16.5. The Bertz CT molecular complexity index is 546. The number of nitrogens with one attached hydrogen (secondary N) is 1. The molecule has 1 N–H and O–H groups in total. The van der Waals surface area contributed by atoms with Gasteiger partial charge in [-0.15, -0.1) is 0 Å². The molecule has 0 unspecified atom stereocenters. The third-order valence-electron chi connectivity index (χ3n) is 3.13. The van der Waals surface area contributed by atoms with Crippen molar-refractivity contribution in [3.8, 4) is 11.5 Å². The zero-order valence-corrected chi connectivity index (χ0v) is 12.2. The predicted molar refractivity (Wildman–Crippen MR) is 78.4 cm³/mol. The van der Waals surface area contributed by atoms with Gasteiger partial charge >= 0.3 is 0 Å². The van der Waals surface area contributed by atoms with Gasteiger partial charge in [0, 0.05) is 12.1 Å². The van der Waals surface area contributed by atoms with E-state index in [4.69, 9.17) is 9.47 Å². The van der Waals surface area contributed by atoms with Crippen molar-refractivity contribution in [2.75, 3.05) is 19.5 Å². The van der Waals surface area contributed by atoms with E-state index in [-0.39, 0.29) is 0 Å². The lowest BCUT2D eigenvalue weighted by atomic mass is 10.1. The average Bonchev–Trinajstić information content (AvgIpc) is 2.45. The molecule has 2 rings (SSSR count). The minimum Gasteiger partial charge on any atom is -0.496 e. The Kier molecular flexibility index (Phi) is 4.40. The van der Waals surface area contributed by atoms with Crippen LogP contribution in [0.3, 0.4) is 0 Å². The number of para-hydroxylation sites is 1. The van der Waals surface area contributed by atoms with Gasteiger partial charge in [0.15, 0.2) is 11.6 Å². The van der Waals surface area contributed by atoms with Gasteiger partial charge < -0.3 is 14.8 Å².